The van der Waals surface area contributed by atoms with E-state index in [0.29, 0.717) is 23.3 Å². The first-order valence-corrected chi connectivity index (χ1v) is 9.36. The van der Waals surface area contributed by atoms with Gasteiger partial charge in [-0.1, -0.05) is 50.2 Å². The van der Waals surface area contributed by atoms with E-state index in [-0.39, 0.29) is 12.3 Å². The van der Waals surface area contributed by atoms with Gasteiger partial charge in [-0.25, -0.2) is 4.79 Å². The van der Waals surface area contributed by atoms with Crippen LogP contribution in [-0.2, 0) is 16.8 Å². The number of hydrogen-bond donors (Lipinski definition) is 1. The minimum Gasteiger partial charge on any atom is -0.497 e. The van der Waals surface area contributed by atoms with E-state index in [2.05, 4.69) is 5.32 Å². The molecule has 28 heavy (non-hydrogen) atoms. The predicted octanol–water partition coefficient (Wildman–Crippen LogP) is 3.30. The average Bonchev–Trinajstić information content (AvgIpc) is 2.98. The number of carbonyl (C=O) groups is 3. The van der Waals surface area contributed by atoms with Crippen molar-refractivity contribution in [1.82, 2.24) is 10.2 Å². The highest BCUT2D eigenvalue weighted by Crippen LogP contribution is 2.33. The number of ketones is 1. The van der Waals surface area contributed by atoms with Gasteiger partial charge in [-0.05, 0) is 36.1 Å². The molecule has 1 saturated heterocycles. The topological polar surface area (TPSA) is 75.7 Å². The molecule has 146 valence electrons. The molecule has 0 bridgehead atoms. The highest BCUT2D eigenvalue weighted by atomic mass is 16.5. The number of Topliss-reactive ketones (excluding diaryl/α,β-unsaturated/α-hetero) is 1. The molecular formula is C22H24N2O4. The van der Waals surface area contributed by atoms with Gasteiger partial charge >= 0.3 is 6.03 Å². The molecule has 3 amide bonds. The van der Waals surface area contributed by atoms with Crippen LogP contribution in [0.2, 0.25) is 0 Å². The van der Waals surface area contributed by atoms with Crippen molar-refractivity contribution < 1.29 is 19.1 Å². The molecule has 1 heterocycles. The number of carbonyl (C=O) groups excluding carboxylic acids is 3. The van der Waals surface area contributed by atoms with E-state index in [1.807, 2.05) is 26.0 Å². The third kappa shape index (κ3) is 3.38. The van der Waals surface area contributed by atoms with Crippen molar-refractivity contribution in [2.75, 3.05) is 13.7 Å². The maximum Gasteiger partial charge on any atom is 0.325 e. The van der Waals surface area contributed by atoms with Crippen LogP contribution in [0.4, 0.5) is 4.79 Å². The van der Waals surface area contributed by atoms with Crippen LogP contribution < -0.4 is 10.1 Å². The summed E-state index contributed by atoms with van der Waals surface area (Å²) in [6.07, 6.45) is 1.25. The Morgan fingerprint density at radius 3 is 2.21 bits per heavy atom. The summed E-state index contributed by atoms with van der Waals surface area (Å²) >= 11 is 0. The van der Waals surface area contributed by atoms with Crippen LogP contribution in [0.25, 0.3) is 0 Å². The molecule has 1 N–H and O–H groups in total. The lowest BCUT2D eigenvalue weighted by molar-refractivity contribution is -0.131. The summed E-state index contributed by atoms with van der Waals surface area (Å²) in [6.45, 7) is 3.58. The third-order valence-corrected chi connectivity index (χ3v) is 5.27. The van der Waals surface area contributed by atoms with Crippen LogP contribution in [0.1, 0.15) is 41.8 Å². The van der Waals surface area contributed by atoms with Crippen molar-refractivity contribution in [3.63, 3.8) is 0 Å². The van der Waals surface area contributed by atoms with Crippen LogP contribution in [0, 0.1) is 0 Å². The molecule has 0 aromatic heterocycles. The SMILES string of the molecule is CCc1ccc(C(=O)CN2C(=O)NC(CC)(c3ccc(OC)cc3)C2=O)cc1. The number of nitrogens with one attached hydrogen (secondary N) is 1. The maximum atomic E-state index is 13.2. The second-order valence-corrected chi connectivity index (χ2v) is 6.78. The average molecular weight is 380 g/mol. The summed E-state index contributed by atoms with van der Waals surface area (Å²) in [5, 5.41) is 2.79. The van der Waals surface area contributed by atoms with Crippen molar-refractivity contribution in [1.29, 1.82) is 0 Å². The summed E-state index contributed by atoms with van der Waals surface area (Å²) in [7, 11) is 1.56. The lowest BCUT2D eigenvalue weighted by Crippen LogP contribution is -2.43. The number of methoxy groups -OCH3 is 1. The minimum absolute atomic E-state index is 0.271. The first-order chi connectivity index (χ1) is 13.4. The van der Waals surface area contributed by atoms with E-state index in [4.69, 9.17) is 4.74 Å². The van der Waals surface area contributed by atoms with Crippen LogP contribution >= 0.6 is 0 Å². The molecule has 6 heteroatoms. The first-order valence-electron chi connectivity index (χ1n) is 9.36. The summed E-state index contributed by atoms with van der Waals surface area (Å²) in [4.78, 5) is 39.3. The van der Waals surface area contributed by atoms with E-state index in [1.54, 1.807) is 43.5 Å². The Labute approximate surface area is 164 Å². The maximum absolute atomic E-state index is 13.2. The molecule has 0 aliphatic carbocycles. The van der Waals surface area contributed by atoms with Crippen molar-refractivity contribution in [3.05, 3.63) is 65.2 Å². The molecule has 2 aromatic rings. The lowest BCUT2D eigenvalue weighted by Gasteiger charge is -2.26. The molecule has 3 rings (SSSR count). The fraction of sp³-hybridized carbons (Fsp3) is 0.318. The minimum atomic E-state index is -1.17. The molecule has 2 aromatic carbocycles. The van der Waals surface area contributed by atoms with Gasteiger partial charge in [0.25, 0.3) is 5.91 Å². The Bertz CT molecular complexity index is 890. The Kier molecular flexibility index (Phi) is 5.49. The zero-order chi connectivity index (χ0) is 20.3. The number of ether oxygens (including phenoxy) is 1. The molecule has 1 unspecified atom stereocenters. The first kappa shape index (κ1) is 19.6. The van der Waals surface area contributed by atoms with Crippen LogP contribution in [0.5, 0.6) is 5.75 Å². The van der Waals surface area contributed by atoms with Crippen LogP contribution in [-0.4, -0.2) is 36.3 Å². The number of urea groups is 1. The zero-order valence-corrected chi connectivity index (χ0v) is 16.3. The van der Waals surface area contributed by atoms with Crippen molar-refractivity contribution >= 4 is 17.7 Å². The summed E-state index contributed by atoms with van der Waals surface area (Å²) in [5.41, 5.74) is 1.10. The number of imide groups is 1. The van der Waals surface area contributed by atoms with Gasteiger partial charge in [-0.2, -0.15) is 0 Å². The second-order valence-electron chi connectivity index (χ2n) is 6.78. The number of aryl methyl sites for hydroxylation is 1. The number of benzene rings is 2. The van der Waals surface area contributed by atoms with E-state index in [9.17, 15) is 14.4 Å². The van der Waals surface area contributed by atoms with Crippen molar-refractivity contribution in [2.24, 2.45) is 0 Å². The van der Waals surface area contributed by atoms with Gasteiger partial charge in [0.05, 0.1) is 13.7 Å². The van der Waals surface area contributed by atoms with Gasteiger partial charge in [0.2, 0.25) is 0 Å². The normalized spacial score (nSPS) is 18.9. The summed E-state index contributed by atoms with van der Waals surface area (Å²) in [6, 6.07) is 13.7. The van der Waals surface area contributed by atoms with Crippen LogP contribution in [0.3, 0.4) is 0 Å². The molecule has 6 nitrogen and oxygen atoms in total. The van der Waals surface area contributed by atoms with Gasteiger partial charge in [-0.3, -0.25) is 14.5 Å². The van der Waals surface area contributed by atoms with Crippen molar-refractivity contribution in [3.8, 4) is 5.75 Å². The lowest BCUT2D eigenvalue weighted by atomic mass is 9.87. The Hall–Kier alpha value is -3.15. The van der Waals surface area contributed by atoms with E-state index in [0.717, 1.165) is 16.9 Å². The highest BCUT2D eigenvalue weighted by Gasteiger charge is 2.51. The van der Waals surface area contributed by atoms with Gasteiger partial charge in [0.1, 0.15) is 11.3 Å². The molecule has 0 radical (unpaired) electrons. The number of amides is 3. The van der Waals surface area contributed by atoms with E-state index >= 15 is 0 Å². The highest BCUT2D eigenvalue weighted by molar-refractivity contribution is 6.11. The number of nitrogens with zero attached hydrogens (tertiary/aromatic N) is 1. The Morgan fingerprint density at radius 2 is 1.68 bits per heavy atom. The Morgan fingerprint density at radius 1 is 1.04 bits per heavy atom. The molecular weight excluding hydrogens is 356 g/mol. The number of rotatable bonds is 7. The molecule has 1 atom stereocenters. The van der Waals surface area contributed by atoms with Crippen molar-refractivity contribution in [2.45, 2.75) is 32.2 Å². The van der Waals surface area contributed by atoms with E-state index < -0.39 is 17.5 Å². The van der Waals surface area contributed by atoms with E-state index in [1.165, 1.54) is 0 Å². The van der Waals surface area contributed by atoms with Gasteiger partial charge in [0, 0.05) is 5.56 Å². The molecule has 1 aliphatic rings. The quantitative estimate of drug-likeness (QED) is 0.591. The second kappa shape index (κ2) is 7.84. The molecule has 1 fully saturated rings. The molecule has 1 aliphatic heterocycles. The zero-order valence-electron chi connectivity index (χ0n) is 16.3. The predicted molar refractivity (Wildman–Crippen MR) is 105 cm³/mol. The fourth-order valence-corrected chi connectivity index (χ4v) is 3.45. The molecule has 0 saturated carbocycles. The third-order valence-electron chi connectivity index (χ3n) is 5.27. The fourth-order valence-electron chi connectivity index (χ4n) is 3.45. The van der Waals surface area contributed by atoms with Gasteiger partial charge in [-0.15, -0.1) is 0 Å². The summed E-state index contributed by atoms with van der Waals surface area (Å²) < 4.78 is 5.16. The van der Waals surface area contributed by atoms with Gasteiger partial charge in [0.15, 0.2) is 5.78 Å². The Balaban J connectivity index is 1.83. The largest absolute Gasteiger partial charge is 0.497 e. The van der Waals surface area contributed by atoms with Crippen LogP contribution in [0.15, 0.2) is 48.5 Å². The van der Waals surface area contributed by atoms with Gasteiger partial charge < -0.3 is 10.1 Å². The number of hydrogen-bond acceptors (Lipinski definition) is 4. The molecule has 0 spiro atoms. The summed E-state index contributed by atoms with van der Waals surface area (Å²) in [5.74, 6) is -0.0224. The monoisotopic (exact) mass is 380 g/mol. The standard InChI is InChI=1S/C22H24N2O4/c1-4-15-6-8-16(9-7-15)19(25)14-24-20(26)22(5-2,23-21(24)27)17-10-12-18(28-3)13-11-17/h6-13H,4-5,14H2,1-3H3,(H,23,27). The smallest absolute Gasteiger partial charge is 0.325 e.